The number of phenols is 1. The van der Waals surface area contributed by atoms with Crippen LogP contribution in [0.1, 0.15) is 27.7 Å². The van der Waals surface area contributed by atoms with Crippen LogP contribution in [0, 0.1) is 11.8 Å². The molecule has 0 aliphatic carbocycles. The molecule has 0 aliphatic heterocycles. The smallest absolute Gasteiger partial charge is 0.230 e. The van der Waals surface area contributed by atoms with Gasteiger partial charge in [-0.1, -0.05) is 26.8 Å². The van der Waals surface area contributed by atoms with E-state index in [1.54, 1.807) is 23.1 Å². The lowest BCUT2D eigenvalue weighted by molar-refractivity contribution is -0.123. The van der Waals surface area contributed by atoms with Crippen LogP contribution in [-0.4, -0.2) is 17.6 Å². The highest BCUT2D eigenvalue weighted by molar-refractivity contribution is 5.95. The van der Waals surface area contributed by atoms with Gasteiger partial charge in [0, 0.05) is 24.2 Å². The molecule has 94 valence electrons. The van der Waals surface area contributed by atoms with Gasteiger partial charge in [0.2, 0.25) is 5.91 Å². The highest BCUT2D eigenvalue weighted by Crippen LogP contribution is 2.23. The summed E-state index contributed by atoms with van der Waals surface area (Å²) in [7, 11) is 0. The van der Waals surface area contributed by atoms with E-state index in [1.807, 2.05) is 33.8 Å². The number of aromatic hydroxyl groups is 1. The molecular formula is C14H21NO2. The third-order valence-electron chi connectivity index (χ3n) is 3.11. The van der Waals surface area contributed by atoms with Crippen molar-refractivity contribution >= 4 is 11.6 Å². The average molecular weight is 235 g/mol. The average Bonchev–Trinajstić information content (AvgIpc) is 2.28. The van der Waals surface area contributed by atoms with Gasteiger partial charge in [-0.05, 0) is 25.0 Å². The minimum atomic E-state index is -0.0164. The van der Waals surface area contributed by atoms with Crippen molar-refractivity contribution in [2.24, 2.45) is 11.8 Å². The topological polar surface area (TPSA) is 40.5 Å². The number of amides is 1. The van der Waals surface area contributed by atoms with Crippen LogP contribution in [0.3, 0.4) is 0 Å². The largest absolute Gasteiger partial charge is 0.508 e. The molecule has 0 aliphatic rings. The number of rotatable bonds is 4. The molecule has 1 unspecified atom stereocenters. The number of nitrogens with zero attached hydrogens (tertiary/aromatic N) is 1. The number of anilines is 1. The summed E-state index contributed by atoms with van der Waals surface area (Å²) in [5.74, 6) is 0.588. The Kier molecular flexibility index (Phi) is 4.55. The van der Waals surface area contributed by atoms with Gasteiger partial charge in [-0.3, -0.25) is 4.79 Å². The van der Waals surface area contributed by atoms with E-state index in [2.05, 4.69) is 0 Å². The van der Waals surface area contributed by atoms with Gasteiger partial charge < -0.3 is 10.0 Å². The van der Waals surface area contributed by atoms with Crippen molar-refractivity contribution in [3.63, 3.8) is 0 Å². The molecule has 1 atom stereocenters. The Morgan fingerprint density at radius 2 is 2.00 bits per heavy atom. The van der Waals surface area contributed by atoms with Gasteiger partial charge in [-0.25, -0.2) is 0 Å². The molecule has 3 nitrogen and oxygen atoms in total. The monoisotopic (exact) mass is 235 g/mol. The molecule has 0 saturated carbocycles. The summed E-state index contributed by atoms with van der Waals surface area (Å²) in [5.41, 5.74) is 0.755. The Bertz CT molecular complexity index is 388. The van der Waals surface area contributed by atoms with Crippen LogP contribution >= 0.6 is 0 Å². The summed E-state index contributed by atoms with van der Waals surface area (Å²) in [5, 5.41) is 9.45. The molecule has 0 heterocycles. The minimum Gasteiger partial charge on any atom is -0.508 e. The number of benzene rings is 1. The number of phenolic OH excluding ortho intramolecular Hbond substituents is 1. The van der Waals surface area contributed by atoms with Crippen LogP contribution in [-0.2, 0) is 4.79 Å². The number of hydrogen-bond acceptors (Lipinski definition) is 2. The second-order valence-corrected chi connectivity index (χ2v) is 4.64. The molecule has 1 aromatic carbocycles. The number of hydrogen-bond donors (Lipinski definition) is 1. The van der Waals surface area contributed by atoms with E-state index in [1.165, 1.54) is 0 Å². The summed E-state index contributed by atoms with van der Waals surface area (Å²) < 4.78 is 0. The normalized spacial score (nSPS) is 12.5. The quantitative estimate of drug-likeness (QED) is 0.871. The van der Waals surface area contributed by atoms with Crippen LogP contribution in [0.15, 0.2) is 24.3 Å². The predicted octanol–water partition coefficient (Wildman–Crippen LogP) is 3.04. The first-order chi connectivity index (χ1) is 7.97. The van der Waals surface area contributed by atoms with Crippen molar-refractivity contribution < 1.29 is 9.90 Å². The van der Waals surface area contributed by atoms with Crippen molar-refractivity contribution in [2.45, 2.75) is 27.7 Å². The fourth-order valence-electron chi connectivity index (χ4n) is 1.66. The van der Waals surface area contributed by atoms with Gasteiger partial charge in [0.25, 0.3) is 0 Å². The first kappa shape index (κ1) is 13.6. The van der Waals surface area contributed by atoms with Crippen LogP contribution in [0.4, 0.5) is 5.69 Å². The van der Waals surface area contributed by atoms with Crippen molar-refractivity contribution in [3.05, 3.63) is 24.3 Å². The van der Waals surface area contributed by atoms with Gasteiger partial charge in [-0.2, -0.15) is 0 Å². The van der Waals surface area contributed by atoms with E-state index < -0.39 is 0 Å². The third kappa shape index (κ3) is 3.22. The van der Waals surface area contributed by atoms with Crippen molar-refractivity contribution in [3.8, 4) is 5.75 Å². The summed E-state index contributed by atoms with van der Waals surface area (Å²) in [4.78, 5) is 14.0. The van der Waals surface area contributed by atoms with E-state index in [0.717, 1.165) is 5.69 Å². The molecule has 1 aromatic rings. The van der Waals surface area contributed by atoms with Gasteiger partial charge in [0.15, 0.2) is 0 Å². The Labute approximate surface area is 103 Å². The fraction of sp³-hybridized carbons (Fsp3) is 0.500. The van der Waals surface area contributed by atoms with E-state index >= 15 is 0 Å². The molecule has 0 aromatic heterocycles. The lowest BCUT2D eigenvalue weighted by Gasteiger charge is -2.26. The van der Waals surface area contributed by atoms with Gasteiger partial charge in [-0.15, -0.1) is 0 Å². The Morgan fingerprint density at radius 3 is 2.47 bits per heavy atom. The maximum absolute atomic E-state index is 12.3. The van der Waals surface area contributed by atoms with Crippen molar-refractivity contribution in [1.29, 1.82) is 0 Å². The van der Waals surface area contributed by atoms with Gasteiger partial charge in [0.05, 0.1) is 0 Å². The Hall–Kier alpha value is -1.51. The van der Waals surface area contributed by atoms with Crippen molar-refractivity contribution in [1.82, 2.24) is 0 Å². The number of carbonyl (C=O) groups excluding carboxylic acids is 1. The molecule has 1 rings (SSSR count). The summed E-state index contributed by atoms with van der Waals surface area (Å²) in [6.07, 6.45) is 0. The minimum absolute atomic E-state index is 0.0164. The lowest BCUT2D eigenvalue weighted by atomic mass is 9.96. The zero-order valence-electron chi connectivity index (χ0n) is 11.0. The van der Waals surface area contributed by atoms with Gasteiger partial charge >= 0.3 is 0 Å². The van der Waals surface area contributed by atoms with Crippen LogP contribution in [0.2, 0.25) is 0 Å². The second-order valence-electron chi connectivity index (χ2n) is 4.64. The highest BCUT2D eigenvalue weighted by Gasteiger charge is 2.23. The van der Waals surface area contributed by atoms with E-state index in [-0.39, 0.29) is 17.6 Å². The fourth-order valence-corrected chi connectivity index (χ4v) is 1.66. The summed E-state index contributed by atoms with van der Waals surface area (Å²) in [6.45, 7) is 8.57. The molecule has 0 radical (unpaired) electrons. The summed E-state index contributed by atoms with van der Waals surface area (Å²) >= 11 is 0. The maximum Gasteiger partial charge on any atom is 0.230 e. The molecule has 0 spiro atoms. The first-order valence-electron chi connectivity index (χ1n) is 6.07. The third-order valence-corrected chi connectivity index (χ3v) is 3.11. The molecule has 1 amide bonds. The van der Waals surface area contributed by atoms with E-state index in [9.17, 15) is 9.90 Å². The maximum atomic E-state index is 12.3. The SMILES string of the molecule is CCN(C(=O)C(C)C(C)C)c1cccc(O)c1. The molecule has 3 heteroatoms. The first-order valence-corrected chi connectivity index (χ1v) is 6.07. The number of carbonyl (C=O) groups is 1. The van der Waals surface area contributed by atoms with Crippen LogP contribution < -0.4 is 4.90 Å². The van der Waals surface area contributed by atoms with Gasteiger partial charge in [0.1, 0.15) is 5.75 Å². The van der Waals surface area contributed by atoms with Crippen LogP contribution in [0.5, 0.6) is 5.75 Å². The highest BCUT2D eigenvalue weighted by atomic mass is 16.3. The molecular weight excluding hydrogens is 214 g/mol. The molecule has 17 heavy (non-hydrogen) atoms. The van der Waals surface area contributed by atoms with E-state index in [0.29, 0.717) is 12.5 Å². The Balaban J connectivity index is 2.96. The summed E-state index contributed by atoms with van der Waals surface area (Å²) in [6, 6.07) is 6.82. The van der Waals surface area contributed by atoms with E-state index in [4.69, 9.17) is 0 Å². The molecule has 0 saturated heterocycles. The Morgan fingerprint density at radius 1 is 1.35 bits per heavy atom. The molecule has 1 N–H and O–H groups in total. The predicted molar refractivity (Wildman–Crippen MR) is 70.1 cm³/mol. The zero-order valence-corrected chi connectivity index (χ0v) is 11.0. The van der Waals surface area contributed by atoms with Crippen molar-refractivity contribution in [2.75, 3.05) is 11.4 Å². The molecule has 0 fully saturated rings. The zero-order chi connectivity index (χ0) is 13.0. The molecule has 0 bridgehead atoms. The van der Waals surface area contributed by atoms with Crippen LogP contribution in [0.25, 0.3) is 0 Å². The standard InChI is InChI=1S/C14H21NO2/c1-5-15(14(17)11(4)10(2)3)12-7-6-8-13(16)9-12/h6-11,16H,5H2,1-4H3. The second kappa shape index (κ2) is 5.71. The lowest BCUT2D eigenvalue weighted by Crippen LogP contribution is -2.36.